The van der Waals surface area contributed by atoms with Gasteiger partial charge in [0.05, 0.1) is 51.6 Å². The van der Waals surface area contributed by atoms with Crippen LogP contribution in [-0.2, 0) is 27.4 Å². The SMILES string of the molecule is COc1ccccc1COCCCOc1ncc(N2C(=O)CNC[C@@H]2C(=O)N(C)CCc2ccccc2)cn1. The zero-order chi connectivity index (χ0) is 27.5. The number of anilines is 1. The van der Waals surface area contributed by atoms with Crippen LogP contribution >= 0.6 is 0 Å². The van der Waals surface area contributed by atoms with Crippen LogP contribution in [0.25, 0.3) is 0 Å². The van der Waals surface area contributed by atoms with Gasteiger partial charge in [-0.1, -0.05) is 48.5 Å². The van der Waals surface area contributed by atoms with Gasteiger partial charge in [0.15, 0.2) is 0 Å². The minimum absolute atomic E-state index is 0.139. The van der Waals surface area contributed by atoms with Crippen molar-refractivity contribution in [2.24, 2.45) is 0 Å². The van der Waals surface area contributed by atoms with E-state index in [-0.39, 0.29) is 24.4 Å². The van der Waals surface area contributed by atoms with Crippen LogP contribution in [0.15, 0.2) is 67.0 Å². The van der Waals surface area contributed by atoms with E-state index in [1.165, 1.54) is 17.3 Å². The van der Waals surface area contributed by atoms with Crippen LogP contribution in [0.4, 0.5) is 5.69 Å². The Balaban J connectivity index is 1.26. The fraction of sp³-hybridized carbons (Fsp3) is 0.379. The summed E-state index contributed by atoms with van der Waals surface area (Å²) in [5.41, 5.74) is 2.60. The minimum atomic E-state index is -0.678. The summed E-state index contributed by atoms with van der Waals surface area (Å²) in [6.07, 6.45) is 4.43. The van der Waals surface area contributed by atoms with Crippen LogP contribution in [0, 0.1) is 0 Å². The van der Waals surface area contributed by atoms with Gasteiger partial charge in [0.25, 0.3) is 0 Å². The van der Waals surface area contributed by atoms with Gasteiger partial charge in [0.2, 0.25) is 11.8 Å². The van der Waals surface area contributed by atoms with Crippen molar-refractivity contribution in [2.45, 2.75) is 25.5 Å². The summed E-state index contributed by atoms with van der Waals surface area (Å²) in [6.45, 7) is 2.39. The molecule has 3 aromatic rings. The molecular formula is C29H35N5O5. The molecule has 4 rings (SSSR count). The fourth-order valence-corrected chi connectivity index (χ4v) is 4.33. The number of para-hydroxylation sites is 1. The van der Waals surface area contributed by atoms with Crippen LogP contribution in [0.3, 0.4) is 0 Å². The average Bonchev–Trinajstić information content (AvgIpc) is 2.98. The lowest BCUT2D eigenvalue weighted by molar-refractivity contribution is -0.134. The van der Waals surface area contributed by atoms with E-state index in [4.69, 9.17) is 14.2 Å². The number of likely N-dealkylation sites (N-methyl/N-ethyl adjacent to an activating group) is 1. The van der Waals surface area contributed by atoms with Gasteiger partial charge in [-0.2, -0.15) is 0 Å². The zero-order valence-corrected chi connectivity index (χ0v) is 22.4. The second kappa shape index (κ2) is 14.2. The van der Waals surface area contributed by atoms with Gasteiger partial charge in [-0.3, -0.25) is 14.5 Å². The number of hydrogen-bond acceptors (Lipinski definition) is 8. The van der Waals surface area contributed by atoms with Crippen molar-refractivity contribution in [3.8, 4) is 11.8 Å². The molecule has 0 unspecified atom stereocenters. The number of ether oxygens (including phenoxy) is 3. The molecule has 1 aliphatic heterocycles. The number of rotatable bonds is 13. The van der Waals surface area contributed by atoms with E-state index in [1.54, 1.807) is 19.1 Å². The summed E-state index contributed by atoms with van der Waals surface area (Å²) in [5.74, 6) is 0.452. The van der Waals surface area contributed by atoms with Crippen molar-refractivity contribution in [1.82, 2.24) is 20.2 Å². The molecule has 0 bridgehead atoms. The van der Waals surface area contributed by atoms with E-state index in [2.05, 4.69) is 15.3 Å². The summed E-state index contributed by atoms with van der Waals surface area (Å²) in [7, 11) is 3.40. The normalized spacial score (nSPS) is 15.2. The van der Waals surface area contributed by atoms with E-state index in [0.717, 1.165) is 23.3 Å². The van der Waals surface area contributed by atoms with Gasteiger partial charge in [-0.05, 0) is 18.1 Å². The Morgan fingerprint density at radius 2 is 1.82 bits per heavy atom. The maximum absolute atomic E-state index is 13.3. The predicted octanol–water partition coefficient (Wildman–Crippen LogP) is 2.48. The second-order valence-corrected chi connectivity index (χ2v) is 9.20. The van der Waals surface area contributed by atoms with Gasteiger partial charge >= 0.3 is 6.01 Å². The first-order valence-electron chi connectivity index (χ1n) is 13.0. The van der Waals surface area contributed by atoms with Crippen molar-refractivity contribution in [2.75, 3.05) is 51.9 Å². The summed E-state index contributed by atoms with van der Waals surface area (Å²) in [6, 6.07) is 17.3. The Morgan fingerprint density at radius 3 is 2.59 bits per heavy atom. The highest BCUT2D eigenvalue weighted by Gasteiger charge is 2.36. The molecule has 39 heavy (non-hydrogen) atoms. The molecule has 1 atom stereocenters. The average molecular weight is 534 g/mol. The van der Waals surface area contributed by atoms with Crippen molar-refractivity contribution in [1.29, 1.82) is 0 Å². The third kappa shape index (κ3) is 7.75. The van der Waals surface area contributed by atoms with Crippen LogP contribution in [0.1, 0.15) is 17.5 Å². The number of piperazine rings is 1. The van der Waals surface area contributed by atoms with Gasteiger partial charge < -0.3 is 24.4 Å². The quantitative estimate of drug-likeness (QED) is 0.334. The Morgan fingerprint density at radius 1 is 1.08 bits per heavy atom. The van der Waals surface area contributed by atoms with E-state index in [0.29, 0.717) is 45.0 Å². The maximum atomic E-state index is 13.3. The first-order chi connectivity index (χ1) is 19.1. The Kier molecular flexibility index (Phi) is 10.2. The first-order valence-corrected chi connectivity index (χ1v) is 13.0. The molecule has 1 N–H and O–H groups in total. The number of aromatic nitrogens is 2. The summed E-state index contributed by atoms with van der Waals surface area (Å²) < 4.78 is 16.7. The smallest absolute Gasteiger partial charge is 0.316 e. The van der Waals surface area contributed by atoms with Crippen LogP contribution in [-0.4, -0.2) is 79.7 Å². The maximum Gasteiger partial charge on any atom is 0.316 e. The lowest BCUT2D eigenvalue weighted by atomic mass is 10.1. The number of hydrogen-bond donors (Lipinski definition) is 1. The highest BCUT2D eigenvalue weighted by molar-refractivity contribution is 6.02. The molecule has 0 spiro atoms. The van der Waals surface area contributed by atoms with Gasteiger partial charge in [-0.25, -0.2) is 9.97 Å². The molecular weight excluding hydrogens is 498 g/mol. The lowest BCUT2D eigenvalue weighted by Crippen LogP contribution is -2.61. The lowest BCUT2D eigenvalue weighted by Gasteiger charge is -2.36. The Bertz CT molecular complexity index is 1210. The van der Waals surface area contributed by atoms with Crippen LogP contribution < -0.4 is 19.7 Å². The fourth-order valence-electron chi connectivity index (χ4n) is 4.33. The molecule has 1 aliphatic rings. The van der Waals surface area contributed by atoms with E-state index >= 15 is 0 Å². The number of carbonyl (C=O) groups excluding carboxylic acids is 2. The van der Waals surface area contributed by atoms with Gasteiger partial charge in [0, 0.05) is 32.1 Å². The molecule has 206 valence electrons. The highest BCUT2D eigenvalue weighted by Crippen LogP contribution is 2.21. The van der Waals surface area contributed by atoms with Crippen LogP contribution in [0.2, 0.25) is 0 Å². The number of amides is 2. The molecule has 0 aliphatic carbocycles. The largest absolute Gasteiger partial charge is 0.496 e. The van der Waals surface area contributed by atoms with Crippen molar-refractivity contribution < 1.29 is 23.8 Å². The van der Waals surface area contributed by atoms with Crippen LogP contribution in [0.5, 0.6) is 11.8 Å². The highest BCUT2D eigenvalue weighted by atomic mass is 16.5. The van der Waals surface area contributed by atoms with Gasteiger partial charge in [-0.15, -0.1) is 0 Å². The molecule has 1 aromatic heterocycles. The van der Waals surface area contributed by atoms with Gasteiger partial charge in [0.1, 0.15) is 11.8 Å². The summed E-state index contributed by atoms with van der Waals surface area (Å²) in [5, 5.41) is 3.04. The minimum Gasteiger partial charge on any atom is -0.496 e. The number of nitrogens with zero attached hydrogens (tertiary/aromatic N) is 4. The molecule has 1 fully saturated rings. The second-order valence-electron chi connectivity index (χ2n) is 9.20. The van der Waals surface area contributed by atoms with Crippen molar-refractivity contribution in [3.63, 3.8) is 0 Å². The zero-order valence-electron chi connectivity index (χ0n) is 22.4. The third-order valence-corrected chi connectivity index (χ3v) is 6.44. The van der Waals surface area contributed by atoms with Crippen molar-refractivity contribution in [3.05, 3.63) is 78.1 Å². The predicted molar refractivity (Wildman–Crippen MR) is 147 cm³/mol. The molecule has 10 nitrogen and oxygen atoms in total. The number of benzene rings is 2. The number of carbonyl (C=O) groups is 2. The van der Waals surface area contributed by atoms with E-state index in [1.807, 2.05) is 54.6 Å². The number of nitrogens with one attached hydrogen (secondary N) is 1. The van der Waals surface area contributed by atoms with E-state index in [9.17, 15) is 9.59 Å². The third-order valence-electron chi connectivity index (χ3n) is 6.44. The standard InChI is InChI=1S/C29H35N5O5/c1-33(14-13-22-9-4-3-5-10-22)28(36)25-19-30-20-27(35)34(25)24-17-31-29(32-18-24)39-16-8-15-38-21-23-11-6-7-12-26(23)37-2/h3-7,9-12,17-18,25,30H,8,13-16,19-21H2,1-2H3/t25-/m1/s1. The van der Waals surface area contributed by atoms with E-state index < -0.39 is 6.04 Å². The van der Waals surface area contributed by atoms with Crippen molar-refractivity contribution >= 4 is 17.5 Å². The molecule has 2 amide bonds. The molecule has 0 radical (unpaired) electrons. The molecule has 2 aromatic carbocycles. The Labute approximate surface area is 228 Å². The first kappa shape index (κ1) is 28.0. The molecule has 2 heterocycles. The monoisotopic (exact) mass is 533 g/mol. The molecule has 1 saturated heterocycles. The number of methoxy groups -OCH3 is 1. The molecule has 0 saturated carbocycles. The molecule has 10 heteroatoms. The summed E-state index contributed by atoms with van der Waals surface area (Å²) >= 11 is 0. The Hall–Kier alpha value is -4.02. The topological polar surface area (TPSA) is 106 Å². The summed E-state index contributed by atoms with van der Waals surface area (Å²) in [4.78, 5) is 37.7.